The predicted octanol–water partition coefficient (Wildman–Crippen LogP) is -2.10. The third-order valence-electron chi connectivity index (χ3n) is 1.73. The fourth-order valence-electron chi connectivity index (χ4n) is 1.04. The van der Waals surface area contributed by atoms with E-state index in [0.29, 0.717) is 0 Å². The molecule has 1 aromatic rings. The minimum absolute atomic E-state index is 0. The van der Waals surface area contributed by atoms with Crippen molar-refractivity contribution in [2.24, 2.45) is 0 Å². The van der Waals surface area contributed by atoms with E-state index in [0.717, 1.165) is 18.2 Å². The van der Waals surface area contributed by atoms with Crippen molar-refractivity contribution < 1.29 is 82.5 Å². The molecule has 0 saturated heterocycles. The Morgan fingerprint density at radius 1 is 0.875 bits per heavy atom. The second-order valence-corrected chi connectivity index (χ2v) is 2.68. The molecule has 0 radical (unpaired) electrons. The monoisotopic (exact) mass is 250 g/mol. The number of aromatic carboxylic acids is 3. The molecule has 0 saturated carbocycles. The first-order valence-corrected chi connectivity index (χ1v) is 3.77. The largest absolute Gasteiger partial charge is 1.00 e. The van der Waals surface area contributed by atoms with Gasteiger partial charge in [0.25, 0.3) is 0 Å². The van der Waals surface area contributed by atoms with Gasteiger partial charge < -0.3 is 16.7 Å². The van der Waals surface area contributed by atoms with Crippen molar-refractivity contribution in [3.8, 4) is 0 Å². The average Bonchev–Trinajstić information content (AvgIpc) is 2.16. The first-order chi connectivity index (χ1) is 6.93. The second kappa shape index (κ2) is 6.11. The number of benzene rings is 1. The van der Waals surface area contributed by atoms with E-state index in [1.165, 1.54) is 0 Å². The van der Waals surface area contributed by atoms with Gasteiger partial charge in [-0.2, -0.15) is 0 Å². The molecule has 3 N–H and O–H groups in total. The van der Waals surface area contributed by atoms with Gasteiger partial charge in [0.05, 0.1) is 16.7 Å². The van der Waals surface area contributed by atoms with Crippen LogP contribution < -0.4 is 51.4 Å². The molecule has 0 heterocycles. The van der Waals surface area contributed by atoms with Crippen molar-refractivity contribution in [2.45, 2.75) is 0 Å². The van der Waals surface area contributed by atoms with Gasteiger partial charge in [0, 0.05) is 0 Å². The van der Waals surface area contributed by atoms with E-state index in [1.54, 1.807) is 0 Å². The Labute approximate surface area is 134 Å². The number of carboxylic acid groups (broad SMARTS) is 3. The van der Waals surface area contributed by atoms with Crippen LogP contribution in [0.3, 0.4) is 0 Å². The van der Waals surface area contributed by atoms with E-state index >= 15 is 0 Å². The molecule has 0 aliphatic heterocycles. The van der Waals surface area contributed by atoms with Crippen LogP contribution in [0.4, 0.5) is 0 Å². The molecule has 80 valence electrons. The minimum atomic E-state index is -1.48. The molecule has 0 atom stereocenters. The summed E-state index contributed by atoms with van der Waals surface area (Å²) >= 11 is 0. The number of hydrogen-bond donors (Lipinski definition) is 3. The molecular formula is C9H7KO6. The zero-order chi connectivity index (χ0) is 11.6. The van der Waals surface area contributed by atoms with E-state index in [1.807, 2.05) is 0 Å². The van der Waals surface area contributed by atoms with E-state index in [2.05, 4.69) is 0 Å². The summed E-state index contributed by atoms with van der Waals surface area (Å²) < 4.78 is 0. The fraction of sp³-hybridized carbons (Fsp3) is 0. The summed E-state index contributed by atoms with van der Waals surface area (Å²) in [6, 6.07) is 2.81. The zero-order valence-electron chi connectivity index (χ0n) is 9.30. The topological polar surface area (TPSA) is 112 Å². The van der Waals surface area contributed by atoms with Gasteiger partial charge in [0.1, 0.15) is 0 Å². The Bertz CT molecular complexity index is 459. The Balaban J connectivity index is 0. The maximum atomic E-state index is 10.6. The van der Waals surface area contributed by atoms with E-state index in [4.69, 9.17) is 15.3 Å². The molecule has 1 aromatic carbocycles. The normalized spacial score (nSPS) is 9.00. The SMILES string of the molecule is O=C(O)c1ccc(C(=O)O)c(C(=O)O)c1.[H-].[K+]. The molecule has 0 spiro atoms. The van der Waals surface area contributed by atoms with Gasteiger partial charge in [-0.3, -0.25) is 0 Å². The number of hydrogen-bond acceptors (Lipinski definition) is 3. The van der Waals surface area contributed by atoms with Crippen LogP contribution in [0.15, 0.2) is 18.2 Å². The summed E-state index contributed by atoms with van der Waals surface area (Å²) in [5.74, 6) is -4.20. The molecule has 0 aromatic heterocycles. The summed E-state index contributed by atoms with van der Waals surface area (Å²) in [6.45, 7) is 0. The van der Waals surface area contributed by atoms with Gasteiger partial charge in [-0.15, -0.1) is 0 Å². The van der Waals surface area contributed by atoms with Crippen molar-refractivity contribution in [1.82, 2.24) is 0 Å². The Morgan fingerprint density at radius 3 is 1.75 bits per heavy atom. The van der Waals surface area contributed by atoms with Crippen LogP contribution in [0.5, 0.6) is 0 Å². The van der Waals surface area contributed by atoms with Crippen molar-refractivity contribution in [3.05, 3.63) is 34.9 Å². The van der Waals surface area contributed by atoms with E-state index in [-0.39, 0.29) is 58.4 Å². The van der Waals surface area contributed by atoms with Crippen LogP contribution in [0.2, 0.25) is 0 Å². The predicted molar refractivity (Wildman–Crippen MR) is 48.4 cm³/mol. The fourth-order valence-corrected chi connectivity index (χ4v) is 1.04. The molecule has 0 unspecified atom stereocenters. The second-order valence-electron chi connectivity index (χ2n) is 2.68. The van der Waals surface area contributed by atoms with Crippen LogP contribution in [0, 0.1) is 0 Å². The maximum Gasteiger partial charge on any atom is 1.00 e. The van der Waals surface area contributed by atoms with Gasteiger partial charge in [-0.25, -0.2) is 14.4 Å². The zero-order valence-corrected chi connectivity index (χ0v) is 11.4. The summed E-state index contributed by atoms with van der Waals surface area (Å²) in [5.41, 5.74) is -1.24. The number of carbonyl (C=O) groups is 3. The molecule has 7 heteroatoms. The van der Waals surface area contributed by atoms with Crippen LogP contribution in [-0.4, -0.2) is 33.2 Å². The van der Waals surface area contributed by atoms with Gasteiger partial charge in [0.15, 0.2) is 0 Å². The van der Waals surface area contributed by atoms with Crippen LogP contribution in [0.1, 0.15) is 32.5 Å². The van der Waals surface area contributed by atoms with Crippen LogP contribution in [0.25, 0.3) is 0 Å². The maximum absolute atomic E-state index is 10.6. The van der Waals surface area contributed by atoms with Crippen LogP contribution >= 0.6 is 0 Å². The summed E-state index contributed by atoms with van der Waals surface area (Å²) in [6.07, 6.45) is 0. The average molecular weight is 250 g/mol. The summed E-state index contributed by atoms with van der Waals surface area (Å²) in [4.78, 5) is 31.8. The third kappa shape index (κ3) is 3.39. The van der Waals surface area contributed by atoms with Crippen LogP contribution in [-0.2, 0) is 0 Å². The van der Waals surface area contributed by atoms with E-state index in [9.17, 15) is 14.4 Å². The molecule has 16 heavy (non-hydrogen) atoms. The molecule has 0 amide bonds. The molecule has 1 rings (SSSR count). The molecular weight excluding hydrogens is 243 g/mol. The summed E-state index contributed by atoms with van der Waals surface area (Å²) in [7, 11) is 0. The molecule has 0 aliphatic carbocycles. The molecule has 0 fully saturated rings. The van der Waals surface area contributed by atoms with Crippen molar-refractivity contribution in [3.63, 3.8) is 0 Å². The van der Waals surface area contributed by atoms with E-state index < -0.39 is 29.0 Å². The van der Waals surface area contributed by atoms with Crippen molar-refractivity contribution >= 4 is 17.9 Å². The van der Waals surface area contributed by atoms with Gasteiger partial charge in [-0.1, -0.05) is 0 Å². The van der Waals surface area contributed by atoms with Gasteiger partial charge >= 0.3 is 69.3 Å². The smallest absolute Gasteiger partial charge is 1.00 e. The van der Waals surface area contributed by atoms with Gasteiger partial charge in [0.2, 0.25) is 0 Å². The standard InChI is InChI=1S/C9H6O6.K.H/c10-7(11)4-1-2-5(8(12)13)6(3-4)9(14)15;;/h1-3H,(H,10,11)(H,12,13)(H,14,15);;/q;+1;-1. The van der Waals surface area contributed by atoms with Crippen molar-refractivity contribution in [2.75, 3.05) is 0 Å². The quantitative estimate of drug-likeness (QED) is 0.530. The summed E-state index contributed by atoms with van der Waals surface area (Å²) in [5, 5.41) is 25.9. The Hall–Kier alpha value is -0.734. The Morgan fingerprint density at radius 2 is 1.38 bits per heavy atom. The first-order valence-electron chi connectivity index (χ1n) is 3.77. The minimum Gasteiger partial charge on any atom is -1.00 e. The molecule has 0 bridgehead atoms. The third-order valence-corrected chi connectivity index (χ3v) is 1.73. The van der Waals surface area contributed by atoms with Crippen molar-refractivity contribution in [1.29, 1.82) is 0 Å². The molecule has 6 nitrogen and oxygen atoms in total. The number of rotatable bonds is 3. The molecule has 0 aliphatic rings. The Kier molecular flexibility index (Phi) is 5.83. The number of carboxylic acids is 3. The first kappa shape index (κ1) is 15.3. The van der Waals surface area contributed by atoms with Gasteiger partial charge in [-0.05, 0) is 18.2 Å².